The van der Waals surface area contributed by atoms with E-state index in [-0.39, 0.29) is 0 Å². The van der Waals surface area contributed by atoms with Gasteiger partial charge >= 0.3 is 0 Å². The van der Waals surface area contributed by atoms with Gasteiger partial charge in [0.05, 0.1) is 0 Å². The van der Waals surface area contributed by atoms with E-state index in [0.29, 0.717) is 11.2 Å². The van der Waals surface area contributed by atoms with Gasteiger partial charge in [0.1, 0.15) is 5.75 Å². The summed E-state index contributed by atoms with van der Waals surface area (Å²) in [5.74, 6) is 0.329. The first-order valence-electron chi connectivity index (χ1n) is 6.75. The maximum absolute atomic E-state index is 8.76. The van der Waals surface area contributed by atoms with E-state index in [1.54, 1.807) is 23.3 Å². The molecule has 0 fully saturated rings. The summed E-state index contributed by atoms with van der Waals surface area (Å²) in [6.45, 7) is 8.82. The molecule has 0 atom stereocenters. The first kappa shape index (κ1) is 13.7. The Morgan fingerprint density at radius 3 is 2.05 bits per heavy atom. The van der Waals surface area contributed by atoms with Crippen LogP contribution in [0.4, 0.5) is 0 Å². The third-order valence-electron chi connectivity index (χ3n) is 3.36. The zero-order chi connectivity index (χ0) is 14.0. The zero-order valence-electron chi connectivity index (χ0n) is 12.2. The quantitative estimate of drug-likeness (QED) is 0.622. The van der Waals surface area contributed by atoms with Crippen molar-refractivity contribution >= 4 is 0 Å². The number of rotatable bonds is 0. The number of phenolic OH excluding ortho intramolecular Hbond substituents is 1. The van der Waals surface area contributed by atoms with E-state index in [1.807, 2.05) is 19.1 Å². The monoisotopic (exact) mass is 254 g/mol. The summed E-state index contributed by atoms with van der Waals surface area (Å²) >= 11 is 0. The van der Waals surface area contributed by atoms with Crippen LogP contribution in [0.5, 0.6) is 5.75 Å². The average molecular weight is 254 g/mol. The Bertz CT molecular complexity index is 538. The van der Waals surface area contributed by atoms with Gasteiger partial charge in [0.2, 0.25) is 0 Å². The molecule has 1 heteroatoms. The van der Waals surface area contributed by atoms with Crippen molar-refractivity contribution in [2.75, 3.05) is 0 Å². The SMILES string of the molecule is CC(C)(C)c1cccc2c1C2.Cc1ccc(O)cc1. The molecule has 0 bridgehead atoms. The Kier molecular flexibility index (Phi) is 3.66. The molecule has 19 heavy (non-hydrogen) atoms. The van der Waals surface area contributed by atoms with Gasteiger partial charge in [-0.2, -0.15) is 0 Å². The molecular weight excluding hydrogens is 232 g/mol. The molecule has 0 aromatic heterocycles. The molecule has 1 aliphatic rings. The largest absolute Gasteiger partial charge is 0.508 e. The van der Waals surface area contributed by atoms with E-state index in [1.165, 1.54) is 17.5 Å². The van der Waals surface area contributed by atoms with Crippen LogP contribution < -0.4 is 0 Å². The van der Waals surface area contributed by atoms with Crippen LogP contribution in [-0.2, 0) is 11.8 Å². The van der Waals surface area contributed by atoms with Gasteiger partial charge in [-0.3, -0.25) is 0 Å². The maximum Gasteiger partial charge on any atom is 0.115 e. The summed E-state index contributed by atoms with van der Waals surface area (Å²) in [4.78, 5) is 0. The standard InChI is InChI=1S/C11H14.C7H8O/c1-11(2,3)10-6-4-5-8-7-9(8)10;1-6-2-4-7(8)5-3-6/h4-6H,7H2,1-3H3;2-5,8H,1H3. The fraction of sp³-hybridized carbons (Fsp3) is 0.333. The van der Waals surface area contributed by atoms with Crippen LogP contribution in [-0.4, -0.2) is 5.11 Å². The predicted molar refractivity (Wildman–Crippen MR) is 80.8 cm³/mol. The second-order valence-electron chi connectivity index (χ2n) is 6.21. The van der Waals surface area contributed by atoms with Gasteiger partial charge in [-0.15, -0.1) is 0 Å². The molecule has 0 unspecified atom stereocenters. The fourth-order valence-corrected chi connectivity index (χ4v) is 2.18. The summed E-state index contributed by atoms with van der Waals surface area (Å²) < 4.78 is 0. The number of fused-ring (bicyclic) bond motifs is 1. The van der Waals surface area contributed by atoms with Gasteiger partial charge in [-0.05, 0) is 47.6 Å². The minimum Gasteiger partial charge on any atom is -0.508 e. The molecular formula is C18H22O. The van der Waals surface area contributed by atoms with Gasteiger partial charge in [0.15, 0.2) is 0 Å². The molecule has 3 rings (SSSR count). The molecule has 0 amide bonds. The van der Waals surface area contributed by atoms with E-state index in [4.69, 9.17) is 5.11 Å². The van der Waals surface area contributed by atoms with Crippen LogP contribution >= 0.6 is 0 Å². The third kappa shape index (κ3) is 3.60. The lowest BCUT2D eigenvalue weighted by Crippen LogP contribution is -2.10. The van der Waals surface area contributed by atoms with E-state index in [0.717, 1.165) is 0 Å². The Hall–Kier alpha value is -1.76. The molecule has 1 nitrogen and oxygen atoms in total. The second kappa shape index (κ2) is 5.08. The zero-order valence-corrected chi connectivity index (χ0v) is 12.2. The number of aryl methyl sites for hydroxylation is 1. The molecule has 1 aliphatic carbocycles. The minimum atomic E-state index is 0.329. The van der Waals surface area contributed by atoms with Crippen LogP contribution in [0.15, 0.2) is 42.5 Å². The number of benzene rings is 2. The van der Waals surface area contributed by atoms with Gasteiger partial charge < -0.3 is 5.11 Å². The summed E-state index contributed by atoms with van der Waals surface area (Å²) in [6, 6.07) is 13.7. The Morgan fingerprint density at radius 1 is 0.947 bits per heavy atom. The van der Waals surface area contributed by atoms with Crippen molar-refractivity contribution in [3.05, 3.63) is 64.7 Å². The summed E-state index contributed by atoms with van der Waals surface area (Å²) in [5, 5.41) is 8.76. The molecule has 0 heterocycles. The van der Waals surface area contributed by atoms with Crippen LogP contribution in [0.2, 0.25) is 0 Å². The molecule has 2 aromatic carbocycles. The van der Waals surface area contributed by atoms with Crippen molar-refractivity contribution in [1.29, 1.82) is 0 Å². The first-order valence-corrected chi connectivity index (χ1v) is 6.75. The number of aromatic hydroxyl groups is 1. The molecule has 2 aromatic rings. The van der Waals surface area contributed by atoms with Crippen molar-refractivity contribution in [2.24, 2.45) is 0 Å². The third-order valence-corrected chi connectivity index (χ3v) is 3.36. The molecule has 0 spiro atoms. The predicted octanol–water partition coefficient (Wildman–Crippen LogP) is 4.59. The van der Waals surface area contributed by atoms with Gasteiger partial charge in [-0.1, -0.05) is 56.7 Å². The van der Waals surface area contributed by atoms with Crippen LogP contribution in [0.1, 0.15) is 43.0 Å². The second-order valence-corrected chi connectivity index (χ2v) is 6.21. The minimum absolute atomic E-state index is 0.329. The topological polar surface area (TPSA) is 20.2 Å². The molecule has 0 saturated carbocycles. The lowest BCUT2D eigenvalue weighted by molar-refractivity contribution is 0.475. The Labute approximate surface area is 115 Å². The Balaban J connectivity index is 0.000000148. The van der Waals surface area contributed by atoms with E-state index < -0.39 is 0 Å². The lowest BCUT2D eigenvalue weighted by atomic mass is 9.87. The lowest BCUT2D eigenvalue weighted by Gasteiger charge is -2.18. The van der Waals surface area contributed by atoms with E-state index in [9.17, 15) is 0 Å². The van der Waals surface area contributed by atoms with Crippen molar-refractivity contribution in [1.82, 2.24) is 0 Å². The van der Waals surface area contributed by atoms with Gasteiger partial charge in [0, 0.05) is 0 Å². The van der Waals surface area contributed by atoms with Crippen LogP contribution in [0.3, 0.4) is 0 Å². The first-order chi connectivity index (χ1) is 8.88. The number of phenols is 1. The molecule has 1 N–H and O–H groups in total. The highest BCUT2D eigenvalue weighted by atomic mass is 16.3. The molecule has 0 saturated heterocycles. The fourth-order valence-electron chi connectivity index (χ4n) is 2.18. The molecule has 0 aliphatic heterocycles. The summed E-state index contributed by atoms with van der Waals surface area (Å²) in [6.07, 6.45) is 1.24. The van der Waals surface area contributed by atoms with Crippen molar-refractivity contribution < 1.29 is 5.11 Å². The smallest absolute Gasteiger partial charge is 0.115 e. The van der Waals surface area contributed by atoms with Gasteiger partial charge in [0.25, 0.3) is 0 Å². The summed E-state index contributed by atoms with van der Waals surface area (Å²) in [5.41, 5.74) is 6.19. The highest BCUT2D eigenvalue weighted by molar-refractivity contribution is 5.52. The van der Waals surface area contributed by atoms with Crippen molar-refractivity contribution in [2.45, 2.75) is 39.5 Å². The molecule has 0 radical (unpaired) electrons. The maximum atomic E-state index is 8.76. The Morgan fingerprint density at radius 2 is 1.58 bits per heavy atom. The van der Waals surface area contributed by atoms with Crippen LogP contribution in [0.25, 0.3) is 0 Å². The van der Waals surface area contributed by atoms with E-state index in [2.05, 4.69) is 39.0 Å². The van der Waals surface area contributed by atoms with Crippen molar-refractivity contribution in [3.8, 4) is 5.75 Å². The number of hydrogen-bond acceptors (Lipinski definition) is 1. The van der Waals surface area contributed by atoms with Gasteiger partial charge in [-0.25, -0.2) is 0 Å². The van der Waals surface area contributed by atoms with Crippen LogP contribution in [0, 0.1) is 6.92 Å². The molecule has 100 valence electrons. The normalized spacial score (nSPS) is 12.2. The highest BCUT2D eigenvalue weighted by Crippen LogP contribution is 2.37. The summed E-state index contributed by atoms with van der Waals surface area (Å²) in [7, 11) is 0. The van der Waals surface area contributed by atoms with Crippen molar-refractivity contribution in [3.63, 3.8) is 0 Å². The van der Waals surface area contributed by atoms with E-state index >= 15 is 0 Å². The number of hydrogen-bond donors (Lipinski definition) is 1. The highest BCUT2D eigenvalue weighted by Gasteiger charge is 2.26. The average Bonchev–Trinajstić information content (AvgIpc) is 3.11.